The summed E-state index contributed by atoms with van der Waals surface area (Å²) in [6.45, 7) is -2.83. The molecule has 0 aliphatic rings. The Morgan fingerprint density at radius 2 is 1.57 bits per heavy atom. The lowest BCUT2D eigenvalue weighted by molar-refractivity contribution is -0.0498. The van der Waals surface area contributed by atoms with Crippen molar-refractivity contribution in [3.63, 3.8) is 0 Å². The van der Waals surface area contributed by atoms with Crippen LogP contribution in [0.2, 0.25) is 10.0 Å². The van der Waals surface area contributed by atoms with Gasteiger partial charge in [-0.1, -0.05) is 41.4 Å². The normalized spacial score (nSPS) is 12.5. The van der Waals surface area contributed by atoms with Crippen molar-refractivity contribution >= 4 is 23.2 Å². The minimum Gasteiger partial charge on any atom is -0.435 e. The Morgan fingerprint density at radius 3 is 2.10 bits per heavy atom. The van der Waals surface area contributed by atoms with Crippen LogP contribution in [-0.2, 0) is 0 Å². The van der Waals surface area contributed by atoms with Gasteiger partial charge in [-0.05, 0) is 42.4 Å². The number of hydrogen-bond acceptors (Lipinski definition) is 2. The molecule has 2 nitrogen and oxygen atoms in total. The molecule has 2 aromatic carbocycles. The summed E-state index contributed by atoms with van der Waals surface area (Å²) in [4.78, 5) is 0. The molecule has 0 spiro atoms. The van der Waals surface area contributed by atoms with E-state index in [2.05, 4.69) is 10.1 Å². The summed E-state index contributed by atoms with van der Waals surface area (Å²) in [7, 11) is 1.80. The number of hydrogen-bond donors (Lipinski definition) is 1. The van der Waals surface area contributed by atoms with Gasteiger partial charge in [0.25, 0.3) is 0 Å². The van der Waals surface area contributed by atoms with E-state index in [0.29, 0.717) is 10.0 Å². The highest BCUT2D eigenvalue weighted by molar-refractivity contribution is 6.42. The van der Waals surface area contributed by atoms with Gasteiger partial charge in [0.05, 0.1) is 16.1 Å². The van der Waals surface area contributed by atoms with Crippen molar-refractivity contribution in [2.75, 3.05) is 7.05 Å². The first-order valence-electron chi connectivity index (χ1n) is 6.18. The van der Waals surface area contributed by atoms with Gasteiger partial charge in [0.1, 0.15) is 5.75 Å². The Hall–Kier alpha value is -1.36. The second kappa shape index (κ2) is 7.07. The van der Waals surface area contributed by atoms with Gasteiger partial charge in [-0.3, -0.25) is 0 Å². The van der Waals surface area contributed by atoms with Crippen molar-refractivity contribution < 1.29 is 13.5 Å². The second-order valence-corrected chi connectivity index (χ2v) is 5.16. The zero-order valence-corrected chi connectivity index (χ0v) is 12.6. The van der Waals surface area contributed by atoms with Gasteiger partial charge < -0.3 is 10.1 Å². The average molecular weight is 332 g/mol. The fourth-order valence-corrected chi connectivity index (χ4v) is 2.37. The van der Waals surface area contributed by atoms with Gasteiger partial charge in [0.2, 0.25) is 0 Å². The summed E-state index contributed by atoms with van der Waals surface area (Å²) >= 11 is 11.9. The van der Waals surface area contributed by atoms with Crippen molar-refractivity contribution in [2.45, 2.75) is 12.7 Å². The smallest absolute Gasteiger partial charge is 0.387 e. The highest BCUT2D eigenvalue weighted by atomic mass is 35.5. The van der Waals surface area contributed by atoms with Crippen molar-refractivity contribution in [1.29, 1.82) is 0 Å². The van der Waals surface area contributed by atoms with Crippen LogP contribution in [0, 0.1) is 0 Å². The predicted octanol–water partition coefficient (Wildman–Crippen LogP) is 4.90. The Bertz CT molecular complexity index is 605. The standard InChI is InChI=1S/C15H13Cl2F2NO/c1-20-14(10-4-7-12(16)13(17)8-10)9-2-5-11(6-3-9)21-15(18)19/h2-8,14-15,20H,1H3. The average Bonchev–Trinajstić information content (AvgIpc) is 2.45. The molecule has 1 unspecified atom stereocenters. The largest absolute Gasteiger partial charge is 0.435 e. The number of rotatable bonds is 5. The van der Waals surface area contributed by atoms with E-state index in [9.17, 15) is 8.78 Å². The molecule has 1 N–H and O–H groups in total. The maximum atomic E-state index is 12.1. The van der Waals surface area contributed by atoms with E-state index in [4.69, 9.17) is 23.2 Å². The van der Waals surface area contributed by atoms with E-state index in [0.717, 1.165) is 11.1 Å². The van der Waals surface area contributed by atoms with Crippen LogP contribution < -0.4 is 10.1 Å². The Labute approximate surface area is 131 Å². The summed E-state index contributed by atoms with van der Waals surface area (Å²) in [5.41, 5.74) is 1.83. The van der Waals surface area contributed by atoms with Gasteiger partial charge in [-0.15, -0.1) is 0 Å². The molecule has 0 aliphatic carbocycles. The molecule has 0 fully saturated rings. The molecule has 112 valence electrons. The summed E-state index contributed by atoms with van der Waals surface area (Å²) in [6, 6.07) is 11.7. The Morgan fingerprint density at radius 1 is 0.952 bits per heavy atom. The minimum absolute atomic E-state index is 0.123. The van der Waals surface area contributed by atoms with Crippen molar-refractivity contribution in [2.24, 2.45) is 0 Å². The second-order valence-electron chi connectivity index (χ2n) is 4.34. The van der Waals surface area contributed by atoms with Crippen molar-refractivity contribution in [3.8, 4) is 5.75 Å². The molecule has 1 atom stereocenters. The molecule has 2 rings (SSSR count). The maximum Gasteiger partial charge on any atom is 0.387 e. The van der Waals surface area contributed by atoms with Crippen LogP contribution in [0.3, 0.4) is 0 Å². The predicted molar refractivity (Wildman–Crippen MR) is 80.4 cm³/mol. The molecule has 0 aromatic heterocycles. The summed E-state index contributed by atoms with van der Waals surface area (Å²) in [6.07, 6.45) is 0. The zero-order valence-electron chi connectivity index (χ0n) is 11.1. The summed E-state index contributed by atoms with van der Waals surface area (Å²) in [5.74, 6) is 0.123. The van der Waals surface area contributed by atoms with E-state index in [1.54, 1.807) is 31.3 Å². The van der Waals surface area contributed by atoms with Gasteiger partial charge in [0.15, 0.2) is 0 Å². The van der Waals surface area contributed by atoms with Crippen LogP contribution in [0.25, 0.3) is 0 Å². The summed E-state index contributed by atoms with van der Waals surface area (Å²) in [5, 5.41) is 4.10. The van der Waals surface area contributed by atoms with Crippen LogP contribution in [0.4, 0.5) is 8.78 Å². The Kier molecular flexibility index (Phi) is 5.39. The van der Waals surface area contributed by atoms with Crippen LogP contribution in [0.15, 0.2) is 42.5 Å². The fourth-order valence-electron chi connectivity index (χ4n) is 2.06. The van der Waals surface area contributed by atoms with E-state index in [1.807, 2.05) is 6.07 Å². The first kappa shape index (κ1) is 16.0. The highest BCUT2D eigenvalue weighted by Gasteiger charge is 2.14. The van der Waals surface area contributed by atoms with E-state index in [1.165, 1.54) is 12.1 Å². The number of alkyl halides is 2. The third-order valence-corrected chi connectivity index (χ3v) is 3.74. The monoisotopic (exact) mass is 331 g/mol. The Balaban J connectivity index is 2.26. The van der Waals surface area contributed by atoms with Crippen LogP contribution in [0.5, 0.6) is 5.75 Å². The molecule has 2 aromatic rings. The van der Waals surface area contributed by atoms with Crippen LogP contribution in [-0.4, -0.2) is 13.7 Å². The third kappa shape index (κ3) is 4.06. The zero-order chi connectivity index (χ0) is 15.4. The molecule has 0 aliphatic heterocycles. The van der Waals surface area contributed by atoms with Crippen molar-refractivity contribution in [1.82, 2.24) is 5.32 Å². The molecule has 0 amide bonds. The fraction of sp³-hybridized carbons (Fsp3) is 0.200. The van der Waals surface area contributed by atoms with Gasteiger partial charge in [-0.25, -0.2) is 0 Å². The quantitative estimate of drug-likeness (QED) is 0.840. The van der Waals surface area contributed by atoms with E-state index in [-0.39, 0.29) is 11.8 Å². The maximum absolute atomic E-state index is 12.1. The molecular formula is C15H13Cl2F2NO. The van der Waals surface area contributed by atoms with E-state index < -0.39 is 6.61 Å². The molecular weight excluding hydrogens is 319 g/mol. The van der Waals surface area contributed by atoms with E-state index >= 15 is 0 Å². The minimum atomic E-state index is -2.83. The molecule has 0 heterocycles. The molecule has 0 saturated heterocycles. The molecule has 21 heavy (non-hydrogen) atoms. The number of halogens is 4. The first-order valence-corrected chi connectivity index (χ1v) is 6.94. The molecule has 0 saturated carbocycles. The number of ether oxygens (including phenoxy) is 1. The number of benzene rings is 2. The first-order chi connectivity index (χ1) is 10.0. The lowest BCUT2D eigenvalue weighted by Crippen LogP contribution is -2.17. The van der Waals surface area contributed by atoms with Gasteiger partial charge >= 0.3 is 6.61 Å². The topological polar surface area (TPSA) is 21.3 Å². The van der Waals surface area contributed by atoms with Crippen molar-refractivity contribution in [3.05, 3.63) is 63.6 Å². The molecule has 0 bridgehead atoms. The third-order valence-electron chi connectivity index (χ3n) is 3.00. The molecule has 6 heteroatoms. The van der Waals surface area contributed by atoms with Gasteiger partial charge in [0, 0.05) is 0 Å². The SMILES string of the molecule is CNC(c1ccc(OC(F)F)cc1)c1ccc(Cl)c(Cl)c1. The lowest BCUT2D eigenvalue weighted by atomic mass is 9.99. The van der Waals surface area contributed by atoms with Crippen LogP contribution in [0.1, 0.15) is 17.2 Å². The summed E-state index contributed by atoms with van der Waals surface area (Å²) < 4.78 is 28.6. The van der Waals surface area contributed by atoms with Gasteiger partial charge in [-0.2, -0.15) is 8.78 Å². The van der Waals surface area contributed by atoms with Crippen LogP contribution >= 0.6 is 23.2 Å². The molecule has 0 radical (unpaired) electrons. The highest BCUT2D eigenvalue weighted by Crippen LogP contribution is 2.29. The number of nitrogens with one attached hydrogen (secondary N) is 1. The lowest BCUT2D eigenvalue weighted by Gasteiger charge is -2.18.